The van der Waals surface area contributed by atoms with E-state index in [1.807, 2.05) is 0 Å². The van der Waals surface area contributed by atoms with E-state index in [0.29, 0.717) is 5.56 Å². The number of hydrogen-bond donors (Lipinski definition) is 2. The maximum absolute atomic E-state index is 12.3. The van der Waals surface area contributed by atoms with Gasteiger partial charge in [0.2, 0.25) is 0 Å². The molecule has 0 saturated heterocycles. The van der Waals surface area contributed by atoms with Gasteiger partial charge in [-0.05, 0) is 24.6 Å². The highest BCUT2D eigenvalue weighted by atomic mass is 19.4. The van der Waals surface area contributed by atoms with E-state index in [2.05, 4.69) is 15.4 Å². The van der Waals surface area contributed by atoms with Gasteiger partial charge >= 0.3 is 18.4 Å². The molecule has 10 heteroatoms. The fraction of sp³-hybridized carbons (Fsp3) is 0.375. The summed E-state index contributed by atoms with van der Waals surface area (Å²) in [7, 11) is 1.45. The van der Waals surface area contributed by atoms with E-state index < -0.39 is 30.2 Å². The number of urea groups is 1. The van der Waals surface area contributed by atoms with Crippen molar-refractivity contribution in [3.8, 4) is 5.75 Å². The third-order valence-corrected chi connectivity index (χ3v) is 3.46. The van der Waals surface area contributed by atoms with Gasteiger partial charge in [0.1, 0.15) is 12.4 Å². The molecule has 1 aromatic rings. The number of rotatable bonds is 6. The zero-order valence-electron chi connectivity index (χ0n) is 14.0. The van der Waals surface area contributed by atoms with Gasteiger partial charge < -0.3 is 24.8 Å². The van der Waals surface area contributed by atoms with Crippen LogP contribution in [0.25, 0.3) is 0 Å². The Morgan fingerprint density at radius 1 is 1.19 bits per heavy atom. The lowest BCUT2D eigenvalue weighted by Crippen LogP contribution is -2.45. The van der Waals surface area contributed by atoms with E-state index in [-0.39, 0.29) is 24.5 Å². The Bertz CT molecular complexity index is 701. The summed E-state index contributed by atoms with van der Waals surface area (Å²) in [6.07, 6.45) is -4.81. The standard InChI is InChI=1S/C16H17F3N2O5/c1-9-12(14(22)25-8-7-24-2)13(21-15(23)20-9)10-3-5-11(6-4-10)26-16(17,18)19/h3-6,13H,7-8H2,1-2H3,(H2,20,21,23). The number of ether oxygens (including phenoxy) is 3. The molecular formula is C16H17F3N2O5. The quantitative estimate of drug-likeness (QED) is 0.590. The lowest BCUT2D eigenvalue weighted by molar-refractivity contribution is -0.274. The Kier molecular flexibility index (Phi) is 6.09. The van der Waals surface area contributed by atoms with E-state index in [9.17, 15) is 22.8 Å². The molecule has 1 aromatic carbocycles. The molecule has 0 aromatic heterocycles. The molecule has 0 aliphatic carbocycles. The molecule has 1 aliphatic heterocycles. The van der Waals surface area contributed by atoms with Gasteiger partial charge in [-0.1, -0.05) is 12.1 Å². The van der Waals surface area contributed by atoms with E-state index >= 15 is 0 Å². The zero-order valence-corrected chi connectivity index (χ0v) is 14.0. The van der Waals surface area contributed by atoms with Crippen LogP contribution in [0.4, 0.5) is 18.0 Å². The Morgan fingerprint density at radius 2 is 1.85 bits per heavy atom. The first kappa shape index (κ1) is 19.6. The number of benzene rings is 1. The SMILES string of the molecule is COCCOC(=O)C1=C(C)NC(=O)NC1c1ccc(OC(F)(F)F)cc1. The molecule has 0 fully saturated rings. The van der Waals surface area contributed by atoms with Gasteiger partial charge in [-0.2, -0.15) is 0 Å². The molecule has 142 valence electrons. The molecule has 0 saturated carbocycles. The largest absolute Gasteiger partial charge is 0.573 e. The van der Waals surface area contributed by atoms with Crippen molar-refractivity contribution in [2.24, 2.45) is 0 Å². The number of alkyl halides is 3. The number of halogens is 3. The first-order valence-electron chi connectivity index (χ1n) is 7.51. The monoisotopic (exact) mass is 374 g/mol. The lowest BCUT2D eigenvalue weighted by atomic mass is 9.95. The fourth-order valence-corrected chi connectivity index (χ4v) is 2.37. The average Bonchev–Trinajstić information content (AvgIpc) is 2.53. The number of allylic oxidation sites excluding steroid dienone is 1. The first-order chi connectivity index (χ1) is 12.2. The van der Waals surface area contributed by atoms with Crippen LogP contribution in [0.3, 0.4) is 0 Å². The van der Waals surface area contributed by atoms with E-state index in [4.69, 9.17) is 9.47 Å². The van der Waals surface area contributed by atoms with Crippen LogP contribution < -0.4 is 15.4 Å². The van der Waals surface area contributed by atoms with Gasteiger partial charge in [0.05, 0.1) is 18.2 Å². The lowest BCUT2D eigenvalue weighted by Gasteiger charge is -2.28. The number of methoxy groups -OCH3 is 1. The number of esters is 1. The fourth-order valence-electron chi connectivity index (χ4n) is 2.37. The summed E-state index contributed by atoms with van der Waals surface area (Å²) in [5.74, 6) is -1.08. The van der Waals surface area contributed by atoms with Gasteiger partial charge in [-0.15, -0.1) is 13.2 Å². The Balaban J connectivity index is 2.25. The predicted octanol–water partition coefficient (Wildman–Crippen LogP) is 2.40. The van der Waals surface area contributed by atoms with Crippen LogP contribution in [-0.4, -0.2) is 38.7 Å². The highest BCUT2D eigenvalue weighted by Gasteiger charge is 2.33. The summed E-state index contributed by atoms with van der Waals surface area (Å²) >= 11 is 0. The third kappa shape index (κ3) is 5.12. The molecule has 0 radical (unpaired) electrons. The van der Waals surface area contributed by atoms with Crippen LogP contribution in [-0.2, 0) is 14.3 Å². The molecule has 1 aliphatic rings. The topological polar surface area (TPSA) is 85.9 Å². The van der Waals surface area contributed by atoms with Crippen molar-refractivity contribution < 1.29 is 37.0 Å². The number of amides is 2. The minimum absolute atomic E-state index is 0.0190. The zero-order chi connectivity index (χ0) is 19.3. The van der Waals surface area contributed by atoms with Crippen molar-refractivity contribution >= 4 is 12.0 Å². The van der Waals surface area contributed by atoms with Crippen LogP contribution in [0, 0.1) is 0 Å². The number of hydrogen-bond acceptors (Lipinski definition) is 5. The number of nitrogens with one attached hydrogen (secondary N) is 2. The number of carbonyl (C=O) groups excluding carboxylic acids is 2. The van der Waals surface area contributed by atoms with Crippen molar-refractivity contribution in [1.82, 2.24) is 10.6 Å². The summed E-state index contributed by atoms with van der Waals surface area (Å²) < 4.78 is 50.4. The maximum atomic E-state index is 12.3. The summed E-state index contributed by atoms with van der Waals surface area (Å²) in [6, 6.07) is 3.43. The van der Waals surface area contributed by atoms with Crippen molar-refractivity contribution in [1.29, 1.82) is 0 Å². The smallest absolute Gasteiger partial charge is 0.460 e. The molecule has 1 unspecified atom stereocenters. The Morgan fingerprint density at radius 3 is 2.42 bits per heavy atom. The molecule has 2 amide bonds. The molecule has 2 N–H and O–H groups in total. The van der Waals surface area contributed by atoms with Crippen molar-refractivity contribution in [3.05, 3.63) is 41.1 Å². The maximum Gasteiger partial charge on any atom is 0.573 e. The van der Waals surface area contributed by atoms with E-state index in [1.54, 1.807) is 0 Å². The number of carbonyl (C=O) groups is 2. The van der Waals surface area contributed by atoms with Crippen molar-refractivity contribution in [2.75, 3.05) is 20.3 Å². The minimum Gasteiger partial charge on any atom is -0.460 e. The second-order valence-corrected chi connectivity index (χ2v) is 5.32. The highest BCUT2D eigenvalue weighted by molar-refractivity contribution is 5.95. The molecule has 0 bridgehead atoms. The molecule has 1 heterocycles. The molecule has 1 atom stereocenters. The highest BCUT2D eigenvalue weighted by Crippen LogP contribution is 2.30. The van der Waals surface area contributed by atoms with Gasteiger partial charge in [-0.25, -0.2) is 9.59 Å². The normalized spacial score (nSPS) is 17.4. The van der Waals surface area contributed by atoms with Crippen LogP contribution in [0.15, 0.2) is 35.5 Å². The van der Waals surface area contributed by atoms with Crippen LogP contribution in [0.2, 0.25) is 0 Å². The third-order valence-electron chi connectivity index (χ3n) is 3.46. The minimum atomic E-state index is -4.81. The van der Waals surface area contributed by atoms with Crippen molar-refractivity contribution in [3.63, 3.8) is 0 Å². The van der Waals surface area contributed by atoms with Crippen LogP contribution in [0.5, 0.6) is 5.75 Å². The second-order valence-electron chi connectivity index (χ2n) is 5.32. The van der Waals surface area contributed by atoms with Crippen LogP contribution >= 0.6 is 0 Å². The van der Waals surface area contributed by atoms with E-state index in [0.717, 1.165) is 12.1 Å². The second kappa shape index (κ2) is 8.09. The van der Waals surface area contributed by atoms with Gasteiger partial charge in [0, 0.05) is 12.8 Å². The predicted molar refractivity (Wildman–Crippen MR) is 83.1 cm³/mol. The molecule has 7 nitrogen and oxygen atoms in total. The van der Waals surface area contributed by atoms with E-state index in [1.165, 1.54) is 26.2 Å². The Hall–Kier alpha value is -2.75. The summed E-state index contributed by atoms with van der Waals surface area (Å²) in [5.41, 5.74) is 0.828. The summed E-state index contributed by atoms with van der Waals surface area (Å²) in [5, 5.41) is 5.02. The van der Waals surface area contributed by atoms with Gasteiger partial charge in [-0.3, -0.25) is 0 Å². The van der Waals surface area contributed by atoms with Crippen molar-refractivity contribution in [2.45, 2.75) is 19.3 Å². The summed E-state index contributed by atoms with van der Waals surface area (Å²) in [4.78, 5) is 24.1. The molecule has 2 rings (SSSR count). The summed E-state index contributed by atoms with van der Waals surface area (Å²) in [6.45, 7) is 1.75. The van der Waals surface area contributed by atoms with Gasteiger partial charge in [0.15, 0.2) is 0 Å². The average molecular weight is 374 g/mol. The Labute approximate surface area is 147 Å². The van der Waals surface area contributed by atoms with Crippen LogP contribution in [0.1, 0.15) is 18.5 Å². The molecular weight excluding hydrogens is 357 g/mol. The van der Waals surface area contributed by atoms with Gasteiger partial charge in [0.25, 0.3) is 0 Å². The molecule has 0 spiro atoms. The molecule has 26 heavy (non-hydrogen) atoms. The first-order valence-corrected chi connectivity index (χ1v) is 7.51.